The van der Waals surface area contributed by atoms with Gasteiger partial charge in [-0.2, -0.15) is 0 Å². The Hall–Kier alpha value is -0.770. The minimum Gasteiger partial charge on any atom is -0.506 e. The van der Waals surface area contributed by atoms with Crippen LogP contribution in [-0.2, 0) is 0 Å². The highest BCUT2D eigenvalue weighted by atomic mass is 35.5. The second kappa shape index (κ2) is 6.09. The van der Waals surface area contributed by atoms with Gasteiger partial charge >= 0.3 is 0 Å². The van der Waals surface area contributed by atoms with Gasteiger partial charge in [0, 0.05) is 23.3 Å². The smallest absolute Gasteiger partial charge is 0.143 e. The van der Waals surface area contributed by atoms with Gasteiger partial charge < -0.3 is 10.0 Å². The number of hydrogen-bond donors (Lipinski definition) is 1. The van der Waals surface area contributed by atoms with Gasteiger partial charge in [-0.1, -0.05) is 23.2 Å². The molecule has 1 rings (SSSR count). The van der Waals surface area contributed by atoms with Crippen LogP contribution in [0.4, 0.5) is 0 Å². The molecule has 1 N–H and O–H groups in total. The predicted octanol–water partition coefficient (Wildman–Crippen LogP) is 2.68. The number of phenols is 1. The van der Waals surface area contributed by atoms with Crippen molar-refractivity contribution in [1.29, 1.82) is 0 Å². The fourth-order valence-electron chi connectivity index (χ4n) is 1.10. The predicted molar refractivity (Wildman–Crippen MR) is 69.1 cm³/mol. The third-order valence-corrected chi connectivity index (χ3v) is 2.47. The van der Waals surface area contributed by atoms with Crippen LogP contribution in [0, 0.1) is 0 Å². The molecule has 88 valence electrons. The first-order chi connectivity index (χ1) is 7.50. The molecule has 0 spiro atoms. The van der Waals surface area contributed by atoms with Crippen LogP contribution in [0.5, 0.6) is 5.75 Å². The summed E-state index contributed by atoms with van der Waals surface area (Å²) in [7, 11) is 3.95. The maximum Gasteiger partial charge on any atom is 0.143 e. The minimum absolute atomic E-state index is 0.0136. The van der Waals surface area contributed by atoms with Crippen LogP contribution in [0.2, 0.25) is 10.0 Å². The minimum atomic E-state index is 0.0136. The van der Waals surface area contributed by atoms with E-state index in [1.165, 1.54) is 6.07 Å². The molecular weight excluding hydrogens is 247 g/mol. The monoisotopic (exact) mass is 260 g/mol. The number of aliphatic imine (C=N–C) groups is 1. The van der Waals surface area contributed by atoms with Crippen LogP contribution in [0.25, 0.3) is 0 Å². The highest BCUT2D eigenvalue weighted by Gasteiger charge is 2.05. The summed E-state index contributed by atoms with van der Waals surface area (Å²) in [6.45, 7) is 1.52. The highest BCUT2D eigenvalue weighted by Crippen LogP contribution is 2.29. The van der Waals surface area contributed by atoms with Crippen molar-refractivity contribution in [2.45, 2.75) is 0 Å². The SMILES string of the molecule is CN(C)CCN=Cc1cc(Cl)cc(Cl)c1O. The molecule has 0 saturated carbocycles. The lowest BCUT2D eigenvalue weighted by Gasteiger charge is -2.06. The molecular formula is C11H14Cl2N2O. The van der Waals surface area contributed by atoms with Crippen molar-refractivity contribution in [1.82, 2.24) is 4.90 Å². The van der Waals surface area contributed by atoms with Gasteiger partial charge in [0.05, 0.1) is 11.6 Å². The van der Waals surface area contributed by atoms with E-state index in [2.05, 4.69) is 4.99 Å². The van der Waals surface area contributed by atoms with Crippen LogP contribution in [-0.4, -0.2) is 43.4 Å². The van der Waals surface area contributed by atoms with Gasteiger partial charge in [-0.15, -0.1) is 0 Å². The quantitative estimate of drug-likeness (QED) is 0.846. The zero-order valence-electron chi connectivity index (χ0n) is 9.24. The van der Waals surface area contributed by atoms with Crippen LogP contribution in [0.15, 0.2) is 17.1 Å². The number of phenolic OH excluding ortho intramolecular Hbond substituents is 1. The van der Waals surface area contributed by atoms with Crippen LogP contribution in [0.1, 0.15) is 5.56 Å². The van der Waals surface area contributed by atoms with Crippen molar-refractivity contribution in [2.75, 3.05) is 27.2 Å². The second-order valence-corrected chi connectivity index (χ2v) is 4.51. The summed E-state index contributed by atoms with van der Waals surface area (Å²) in [5.41, 5.74) is 0.538. The summed E-state index contributed by atoms with van der Waals surface area (Å²) in [6.07, 6.45) is 1.58. The fraction of sp³-hybridized carbons (Fsp3) is 0.364. The summed E-state index contributed by atoms with van der Waals surface area (Å²) >= 11 is 11.6. The number of benzene rings is 1. The molecule has 5 heteroatoms. The molecule has 16 heavy (non-hydrogen) atoms. The Morgan fingerprint density at radius 1 is 1.38 bits per heavy atom. The molecule has 0 aliphatic carbocycles. The Bertz CT molecular complexity index is 392. The van der Waals surface area contributed by atoms with Gasteiger partial charge in [-0.3, -0.25) is 4.99 Å². The van der Waals surface area contributed by atoms with Crippen molar-refractivity contribution >= 4 is 29.4 Å². The van der Waals surface area contributed by atoms with Gasteiger partial charge in [0.25, 0.3) is 0 Å². The summed E-state index contributed by atoms with van der Waals surface area (Å²) in [4.78, 5) is 6.21. The first kappa shape index (κ1) is 13.3. The van der Waals surface area contributed by atoms with Crippen molar-refractivity contribution in [2.24, 2.45) is 4.99 Å². The maximum absolute atomic E-state index is 9.64. The number of aromatic hydroxyl groups is 1. The number of nitrogens with zero attached hydrogens (tertiary/aromatic N) is 2. The first-order valence-electron chi connectivity index (χ1n) is 4.83. The van der Waals surface area contributed by atoms with Gasteiger partial charge in [0.15, 0.2) is 0 Å². The Morgan fingerprint density at radius 3 is 2.69 bits per heavy atom. The lowest BCUT2D eigenvalue weighted by atomic mass is 10.2. The fourth-order valence-corrected chi connectivity index (χ4v) is 1.61. The topological polar surface area (TPSA) is 35.8 Å². The lowest BCUT2D eigenvalue weighted by Crippen LogP contribution is -2.15. The Morgan fingerprint density at radius 2 is 2.06 bits per heavy atom. The molecule has 3 nitrogen and oxygen atoms in total. The van der Waals surface area contributed by atoms with E-state index in [0.717, 1.165) is 6.54 Å². The molecule has 0 fully saturated rings. The van der Waals surface area contributed by atoms with E-state index < -0.39 is 0 Å². The van der Waals surface area contributed by atoms with Crippen LogP contribution in [0.3, 0.4) is 0 Å². The summed E-state index contributed by atoms with van der Waals surface area (Å²) in [5, 5.41) is 10.4. The largest absolute Gasteiger partial charge is 0.506 e. The molecule has 0 aliphatic heterocycles. The van der Waals surface area contributed by atoms with E-state index in [1.54, 1.807) is 12.3 Å². The summed E-state index contributed by atoms with van der Waals surface area (Å²) in [5.74, 6) is 0.0136. The number of likely N-dealkylation sites (N-methyl/N-ethyl adjacent to an activating group) is 1. The van der Waals surface area contributed by atoms with Gasteiger partial charge in [-0.05, 0) is 26.2 Å². The molecule has 1 aromatic carbocycles. The van der Waals surface area contributed by atoms with E-state index in [-0.39, 0.29) is 10.8 Å². The van der Waals surface area contributed by atoms with Gasteiger partial charge in [0.1, 0.15) is 5.75 Å². The Labute approximate surface area is 105 Å². The molecule has 0 bridgehead atoms. The van der Waals surface area contributed by atoms with Crippen molar-refractivity contribution in [3.63, 3.8) is 0 Å². The van der Waals surface area contributed by atoms with E-state index >= 15 is 0 Å². The van der Waals surface area contributed by atoms with Crippen LogP contribution >= 0.6 is 23.2 Å². The van der Waals surface area contributed by atoms with Crippen molar-refractivity contribution in [3.8, 4) is 5.75 Å². The summed E-state index contributed by atoms with van der Waals surface area (Å²) < 4.78 is 0. The molecule has 0 radical (unpaired) electrons. The van der Waals surface area contributed by atoms with Gasteiger partial charge in [0.2, 0.25) is 0 Å². The standard InChI is InChI=1S/C11H14Cl2N2O/c1-15(2)4-3-14-7-8-5-9(12)6-10(13)11(8)16/h5-7,16H,3-4H2,1-2H3. The molecule has 0 saturated heterocycles. The average molecular weight is 261 g/mol. The van der Waals surface area contributed by atoms with Crippen LogP contribution < -0.4 is 0 Å². The van der Waals surface area contributed by atoms with Crippen molar-refractivity contribution < 1.29 is 5.11 Å². The molecule has 0 amide bonds. The molecule has 0 unspecified atom stereocenters. The molecule has 1 aromatic rings. The molecule has 0 heterocycles. The zero-order valence-corrected chi connectivity index (χ0v) is 10.8. The van der Waals surface area contributed by atoms with Gasteiger partial charge in [-0.25, -0.2) is 0 Å². The van der Waals surface area contributed by atoms with Crippen molar-refractivity contribution in [3.05, 3.63) is 27.7 Å². The Kier molecular flexibility index (Phi) is 5.06. The number of hydrogen-bond acceptors (Lipinski definition) is 3. The average Bonchev–Trinajstić information content (AvgIpc) is 2.19. The third kappa shape index (κ3) is 4.00. The third-order valence-electron chi connectivity index (χ3n) is 1.96. The Balaban J connectivity index is 2.73. The van der Waals surface area contributed by atoms with E-state index in [9.17, 15) is 5.11 Å². The first-order valence-corrected chi connectivity index (χ1v) is 5.59. The highest BCUT2D eigenvalue weighted by molar-refractivity contribution is 6.36. The van der Waals surface area contributed by atoms with E-state index in [4.69, 9.17) is 23.2 Å². The second-order valence-electron chi connectivity index (χ2n) is 3.66. The zero-order chi connectivity index (χ0) is 12.1. The maximum atomic E-state index is 9.64. The lowest BCUT2D eigenvalue weighted by molar-refractivity contribution is 0.421. The number of halogens is 2. The summed E-state index contributed by atoms with van der Waals surface area (Å²) in [6, 6.07) is 3.12. The van der Waals surface area contributed by atoms with E-state index in [1.807, 2.05) is 19.0 Å². The normalized spacial score (nSPS) is 11.6. The molecule has 0 aliphatic rings. The molecule has 0 atom stereocenters. The number of rotatable bonds is 4. The molecule has 0 aromatic heterocycles. The van der Waals surface area contributed by atoms with E-state index in [0.29, 0.717) is 17.1 Å².